The van der Waals surface area contributed by atoms with Crippen LogP contribution in [-0.4, -0.2) is 59.3 Å². The van der Waals surface area contributed by atoms with Crippen LogP contribution in [0.5, 0.6) is 0 Å². The van der Waals surface area contributed by atoms with E-state index in [9.17, 15) is 19.8 Å². The van der Waals surface area contributed by atoms with Crippen LogP contribution in [0.1, 0.15) is 100 Å². The molecule has 0 aromatic heterocycles. The summed E-state index contributed by atoms with van der Waals surface area (Å²) in [6.07, 6.45) is 5.90. The van der Waals surface area contributed by atoms with Crippen LogP contribution in [0.25, 0.3) is 0 Å². The van der Waals surface area contributed by atoms with Gasteiger partial charge in [-0.3, -0.25) is 9.59 Å². The Labute approximate surface area is 240 Å². The van der Waals surface area contributed by atoms with E-state index in [0.717, 1.165) is 25.7 Å². The normalized spacial score (nSPS) is 47.1. The van der Waals surface area contributed by atoms with Crippen LogP contribution in [0.2, 0.25) is 0 Å². The maximum absolute atomic E-state index is 13.1. The van der Waals surface area contributed by atoms with Gasteiger partial charge >= 0.3 is 5.97 Å². The topological polar surface area (TPSA) is 102 Å². The van der Waals surface area contributed by atoms with Gasteiger partial charge in [-0.1, -0.05) is 46.3 Å². The van der Waals surface area contributed by atoms with Crippen molar-refractivity contribution in [3.05, 3.63) is 11.6 Å². The Morgan fingerprint density at radius 2 is 1.80 bits per heavy atom. The van der Waals surface area contributed by atoms with Crippen LogP contribution >= 0.6 is 0 Å². The zero-order valence-electron chi connectivity index (χ0n) is 26.1. The monoisotopic (exact) mass is 560 g/mol. The summed E-state index contributed by atoms with van der Waals surface area (Å²) in [7, 11) is 1.66. The highest BCUT2D eigenvalue weighted by atomic mass is 16.7. The van der Waals surface area contributed by atoms with Gasteiger partial charge in [-0.15, -0.1) is 0 Å². The van der Waals surface area contributed by atoms with E-state index in [1.54, 1.807) is 21.0 Å². The number of methoxy groups -OCH3 is 1. The number of aliphatic hydroxyl groups excluding tert-OH is 1. The van der Waals surface area contributed by atoms with E-state index in [1.807, 2.05) is 0 Å². The van der Waals surface area contributed by atoms with E-state index in [-0.39, 0.29) is 46.1 Å². The summed E-state index contributed by atoms with van der Waals surface area (Å²) in [4.78, 5) is 25.6. The molecule has 4 aliphatic carbocycles. The van der Waals surface area contributed by atoms with Crippen LogP contribution in [0, 0.1) is 45.3 Å². The highest BCUT2D eigenvalue weighted by Crippen LogP contribution is 2.73. The Hall–Kier alpha value is -1.28. The summed E-state index contributed by atoms with van der Waals surface area (Å²) in [5, 5.41) is 21.3. The van der Waals surface area contributed by atoms with E-state index in [0.29, 0.717) is 31.0 Å². The number of aliphatic hydroxyl groups is 2. The molecule has 0 spiro atoms. The number of carbonyl (C=O) groups is 2. The number of ketones is 1. The molecule has 40 heavy (non-hydrogen) atoms. The predicted molar refractivity (Wildman–Crippen MR) is 151 cm³/mol. The predicted octanol–water partition coefficient (Wildman–Crippen LogP) is 5.21. The van der Waals surface area contributed by atoms with Gasteiger partial charge in [0.2, 0.25) is 0 Å². The molecule has 0 amide bonds. The molecule has 226 valence electrons. The second kappa shape index (κ2) is 9.62. The molecule has 0 aromatic rings. The molecule has 1 saturated heterocycles. The highest BCUT2D eigenvalue weighted by molar-refractivity contribution is 5.85. The quantitative estimate of drug-likeness (QED) is 0.351. The Bertz CT molecular complexity index is 1070. The molecule has 1 heterocycles. The SMILES string of the molecule is CO[C@@H]1O[C@H]([C@H](O)C(C)(C)O)C[C@H]1[C@@H]1CC=C2[C@@]3(C)[C@H](CC[C@]21C)[C@@]1(C)CCC(=O)C(C)(C)[C@@H]1C[C@H]3OC(C)=O. The largest absolute Gasteiger partial charge is 0.462 e. The molecule has 2 N–H and O–H groups in total. The lowest BCUT2D eigenvalue weighted by Crippen LogP contribution is -2.65. The molecule has 1 aliphatic heterocycles. The van der Waals surface area contributed by atoms with Gasteiger partial charge in [0.05, 0.1) is 11.7 Å². The molecule has 5 rings (SSSR count). The van der Waals surface area contributed by atoms with E-state index in [1.165, 1.54) is 12.5 Å². The van der Waals surface area contributed by atoms with Gasteiger partial charge in [-0.25, -0.2) is 0 Å². The van der Waals surface area contributed by atoms with Crippen molar-refractivity contribution in [2.24, 2.45) is 45.3 Å². The summed E-state index contributed by atoms with van der Waals surface area (Å²) >= 11 is 0. The maximum Gasteiger partial charge on any atom is 0.302 e. The Kier molecular flexibility index (Phi) is 7.26. The van der Waals surface area contributed by atoms with Crippen LogP contribution in [0.3, 0.4) is 0 Å². The van der Waals surface area contributed by atoms with Crippen molar-refractivity contribution in [2.45, 2.75) is 131 Å². The number of ether oxygens (including phenoxy) is 3. The van der Waals surface area contributed by atoms with Crippen molar-refractivity contribution < 1.29 is 34.0 Å². The number of hydrogen-bond acceptors (Lipinski definition) is 7. The molecule has 0 bridgehead atoms. The third kappa shape index (κ3) is 4.19. The van der Waals surface area contributed by atoms with Crippen LogP contribution in [0.4, 0.5) is 0 Å². The molecule has 11 atom stereocenters. The zero-order chi connectivity index (χ0) is 29.6. The molecule has 3 saturated carbocycles. The van der Waals surface area contributed by atoms with Gasteiger partial charge < -0.3 is 24.4 Å². The van der Waals surface area contributed by atoms with E-state index in [2.05, 4.69) is 40.7 Å². The lowest BCUT2D eigenvalue weighted by molar-refractivity contribution is -0.207. The van der Waals surface area contributed by atoms with Crippen LogP contribution < -0.4 is 0 Å². The summed E-state index contributed by atoms with van der Waals surface area (Å²) in [6, 6.07) is 0. The number of fused-ring (bicyclic) bond motifs is 5. The standard InChI is InChI=1S/C33H52O7/c1-18(34)39-26-17-24-29(2,3)25(35)13-15-32(24,7)23-12-14-31(6)20(10-11-22(31)33(23,26)8)19-16-21(40-28(19)38-9)27(36)30(4,5)37/h11,19-21,23-24,26-28,36-37H,10,12-17H2,1-9H3/t19-,20-,21-,23+,24-,26+,27-,28+,31-,32+,33-/m0/s1. The van der Waals surface area contributed by atoms with Crippen molar-refractivity contribution >= 4 is 11.8 Å². The number of Topliss-reactive ketones (excluding diaryl/α,β-unsaturated/α-hetero) is 1. The molecule has 0 aromatic carbocycles. The van der Waals surface area contributed by atoms with Gasteiger partial charge in [0, 0.05) is 37.2 Å². The number of rotatable bonds is 5. The van der Waals surface area contributed by atoms with Crippen molar-refractivity contribution in [3.8, 4) is 0 Å². The van der Waals surface area contributed by atoms with E-state index >= 15 is 0 Å². The first-order valence-electron chi connectivity index (χ1n) is 15.4. The third-order valence-electron chi connectivity index (χ3n) is 12.8. The van der Waals surface area contributed by atoms with Crippen LogP contribution in [0.15, 0.2) is 11.6 Å². The fraction of sp³-hybridized carbons (Fsp3) is 0.879. The minimum Gasteiger partial charge on any atom is -0.462 e. The summed E-state index contributed by atoms with van der Waals surface area (Å²) < 4.78 is 18.3. The lowest BCUT2D eigenvalue weighted by Gasteiger charge is -2.67. The van der Waals surface area contributed by atoms with Crippen LogP contribution in [-0.2, 0) is 23.8 Å². The minimum absolute atomic E-state index is 0.0173. The second-order valence-electron chi connectivity index (χ2n) is 15.6. The fourth-order valence-corrected chi connectivity index (χ4v) is 10.7. The summed E-state index contributed by atoms with van der Waals surface area (Å²) in [6.45, 7) is 16.0. The maximum atomic E-state index is 13.1. The Morgan fingerprint density at radius 3 is 2.40 bits per heavy atom. The first-order valence-corrected chi connectivity index (χ1v) is 15.4. The number of allylic oxidation sites excluding steroid dienone is 1. The van der Waals surface area contributed by atoms with Crippen molar-refractivity contribution in [2.75, 3.05) is 7.11 Å². The second-order valence-corrected chi connectivity index (χ2v) is 15.6. The van der Waals surface area contributed by atoms with Gasteiger partial charge in [0.15, 0.2) is 6.29 Å². The first kappa shape index (κ1) is 30.2. The van der Waals surface area contributed by atoms with Gasteiger partial charge in [0.25, 0.3) is 0 Å². The molecule has 0 radical (unpaired) electrons. The Morgan fingerprint density at radius 1 is 1.12 bits per heavy atom. The fourth-order valence-electron chi connectivity index (χ4n) is 10.7. The highest BCUT2D eigenvalue weighted by Gasteiger charge is 2.70. The number of hydrogen-bond donors (Lipinski definition) is 2. The zero-order valence-corrected chi connectivity index (χ0v) is 26.1. The summed E-state index contributed by atoms with van der Waals surface area (Å²) in [5.41, 5.74) is -0.801. The van der Waals surface area contributed by atoms with Crippen molar-refractivity contribution in [1.82, 2.24) is 0 Å². The van der Waals surface area contributed by atoms with E-state index in [4.69, 9.17) is 14.2 Å². The van der Waals surface area contributed by atoms with E-state index < -0.39 is 29.5 Å². The lowest BCUT2D eigenvalue weighted by atomic mass is 9.37. The number of esters is 1. The summed E-state index contributed by atoms with van der Waals surface area (Å²) in [5.74, 6) is 0.847. The molecular weight excluding hydrogens is 508 g/mol. The molecular formula is C33H52O7. The first-order chi connectivity index (χ1) is 18.4. The molecule has 4 fully saturated rings. The van der Waals surface area contributed by atoms with Gasteiger partial charge in [-0.2, -0.15) is 0 Å². The van der Waals surface area contributed by atoms with Crippen molar-refractivity contribution in [3.63, 3.8) is 0 Å². The molecule has 7 nitrogen and oxygen atoms in total. The number of carbonyl (C=O) groups excluding carboxylic acids is 2. The third-order valence-corrected chi connectivity index (χ3v) is 12.8. The molecule has 7 heteroatoms. The van der Waals surface area contributed by atoms with Gasteiger partial charge in [0.1, 0.15) is 18.0 Å². The average Bonchev–Trinajstić information content (AvgIpc) is 3.43. The average molecular weight is 561 g/mol. The molecule has 5 aliphatic rings. The molecule has 0 unspecified atom stereocenters. The minimum atomic E-state index is -1.27. The van der Waals surface area contributed by atoms with Crippen molar-refractivity contribution in [1.29, 1.82) is 0 Å². The smallest absolute Gasteiger partial charge is 0.302 e. The Balaban J connectivity index is 1.51. The van der Waals surface area contributed by atoms with Gasteiger partial charge in [-0.05, 0) is 81.0 Å².